The van der Waals surface area contributed by atoms with Crippen LogP contribution in [0.3, 0.4) is 0 Å². The number of nitrogens with one attached hydrogen (secondary N) is 1. The molecule has 0 saturated heterocycles. The van der Waals surface area contributed by atoms with Gasteiger partial charge in [0.15, 0.2) is 5.16 Å². The molecule has 1 heterocycles. The van der Waals surface area contributed by atoms with Gasteiger partial charge in [0.1, 0.15) is 0 Å². The molecule has 0 radical (unpaired) electrons. The quantitative estimate of drug-likeness (QED) is 0.351. The zero-order valence-electron chi connectivity index (χ0n) is 17.0. The first-order valence-electron chi connectivity index (χ1n) is 10.0. The highest BCUT2D eigenvalue weighted by atomic mass is 32.2. The second-order valence-corrected chi connectivity index (χ2v) is 8.49. The molecule has 1 aromatic heterocycles. The van der Waals surface area contributed by atoms with Crippen molar-refractivity contribution in [3.05, 3.63) is 77.1 Å². The number of para-hydroxylation sites is 1. The van der Waals surface area contributed by atoms with Gasteiger partial charge >= 0.3 is 0 Å². The summed E-state index contributed by atoms with van der Waals surface area (Å²) < 4.78 is 1.67. The topological polar surface area (TPSA) is 64.0 Å². The van der Waals surface area contributed by atoms with Gasteiger partial charge < -0.3 is 5.32 Å². The number of carbonyl (C=O) groups excluding carboxylic acids is 1. The van der Waals surface area contributed by atoms with Crippen molar-refractivity contribution in [1.29, 1.82) is 0 Å². The maximum atomic E-state index is 12.9. The Bertz CT molecular complexity index is 1280. The van der Waals surface area contributed by atoms with Crippen molar-refractivity contribution in [3.8, 4) is 0 Å². The number of thioether (sulfide) groups is 1. The molecule has 0 saturated carbocycles. The van der Waals surface area contributed by atoms with Gasteiger partial charge in [-0.1, -0.05) is 61.2 Å². The molecular weight excluding hydrogens is 394 g/mol. The van der Waals surface area contributed by atoms with E-state index in [2.05, 4.69) is 10.3 Å². The van der Waals surface area contributed by atoms with Gasteiger partial charge in [-0.2, -0.15) is 0 Å². The number of benzene rings is 3. The molecule has 5 nitrogen and oxygen atoms in total. The van der Waals surface area contributed by atoms with Gasteiger partial charge in [0, 0.05) is 12.2 Å². The molecule has 152 valence electrons. The van der Waals surface area contributed by atoms with E-state index in [1.165, 1.54) is 11.8 Å². The maximum absolute atomic E-state index is 12.9. The first-order valence-corrected chi connectivity index (χ1v) is 10.9. The van der Waals surface area contributed by atoms with Crippen LogP contribution in [0.2, 0.25) is 0 Å². The van der Waals surface area contributed by atoms with Crippen molar-refractivity contribution in [1.82, 2.24) is 9.55 Å². The van der Waals surface area contributed by atoms with E-state index in [0.717, 1.165) is 22.9 Å². The van der Waals surface area contributed by atoms with Crippen molar-refractivity contribution in [2.24, 2.45) is 0 Å². The van der Waals surface area contributed by atoms with Gasteiger partial charge in [0.05, 0.1) is 16.2 Å². The lowest BCUT2D eigenvalue weighted by molar-refractivity contribution is -0.115. The molecule has 3 aromatic carbocycles. The number of aromatic nitrogens is 2. The zero-order valence-corrected chi connectivity index (χ0v) is 17.8. The fourth-order valence-electron chi connectivity index (χ4n) is 3.38. The van der Waals surface area contributed by atoms with Crippen LogP contribution in [0, 0.1) is 0 Å². The van der Waals surface area contributed by atoms with E-state index < -0.39 is 5.25 Å². The summed E-state index contributed by atoms with van der Waals surface area (Å²) in [7, 11) is 0. The molecule has 4 aromatic rings. The Balaban J connectivity index is 1.58. The van der Waals surface area contributed by atoms with Crippen molar-refractivity contribution < 1.29 is 4.79 Å². The van der Waals surface area contributed by atoms with Crippen LogP contribution < -0.4 is 10.9 Å². The predicted molar refractivity (Wildman–Crippen MR) is 124 cm³/mol. The fourth-order valence-corrected chi connectivity index (χ4v) is 4.32. The Morgan fingerprint density at radius 3 is 2.60 bits per heavy atom. The molecule has 0 fully saturated rings. The molecular formula is C24H23N3O2S. The fraction of sp³-hybridized carbons (Fsp3) is 0.208. The van der Waals surface area contributed by atoms with E-state index in [1.807, 2.05) is 74.5 Å². The van der Waals surface area contributed by atoms with Crippen LogP contribution in [0.4, 0.5) is 5.69 Å². The monoisotopic (exact) mass is 417 g/mol. The molecule has 4 rings (SSSR count). The number of anilines is 1. The number of nitrogens with zero attached hydrogens (tertiary/aromatic N) is 2. The number of hydrogen-bond acceptors (Lipinski definition) is 4. The minimum atomic E-state index is -0.410. The summed E-state index contributed by atoms with van der Waals surface area (Å²) in [5.41, 5.74) is 1.34. The summed E-state index contributed by atoms with van der Waals surface area (Å²) in [6.07, 6.45) is 0.811. The van der Waals surface area contributed by atoms with Crippen LogP contribution in [0.1, 0.15) is 20.3 Å². The van der Waals surface area contributed by atoms with E-state index in [9.17, 15) is 9.59 Å². The summed E-state index contributed by atoms with van der Waals surface area (Å²) >= 11 is 1.31. The average Bonchev–Trinajstić information content (AvgIpc) is 2.76. The van der Waals surface area contributed by atoms with Crippen LogP contribution in [0.25, 0.3) is 21.7 Å². The van der Waals surface area contributed by atoms with E-state index in [-0.39, 0.29) is 11.5 Å². The average molecular weight is 418 g/mol. The number of hydrogen-bond donors (Lipinski definition) is 1. The van der Waals surface area contributed by atoms with Gasteiger partial charge in [-0.05, 0) is 48.4 Å². The molecule has 0 spiro atoms. The molecule has 30 heavy (non-hydrogen) atoms. The van der Waals surface area contributed by atoms with Gasteiger partial charge in [-0.25, -0.2) is 4.98 Å². The van der Waals surface area contributed by atoms with E-state index in [4.69, 9.17) is 0 Å². The normalized spacial score (nSPS) is 12.2. The SMILES string of the molecule is CCCn1c(SC(C)C(=O)Nc2ccc3ccccc3c2)nc2ccccc2c1=O. The standard InChI is InChI=1S/C24H23N3O2S/c1-3-14-27-23(29)20-10-6-7-11-21(20)26-24(27)30-16(2)22(28)25-19-13-12-17-8-4-5-9-18(17)15-19/h4-13,15-16H,3,14H2,1-2H3,(H,25,28). The number of rotatable bonds is 6. The minimum absolute atomic E-state index is 0.0629. The molecule has 0 bridgehead atoms. The lowest BCUT2D eigenvalue weighted by Gasteiger charge is -2.16. The van der Waals surface area contributed by atoms with Gasteiger partial charge in [-0.15, -0.1) is 0 Å². The number of fused-ring (bicyclic) bond motifs is 2. The highest BCUT2D eigenvalue weighted by Gasteiger charge is 2.19. The maximum Gasteiger partial charge on any atom is 0.262 e. The van der Waals surface area contributed by atoms with E-state index in [0.29, 0.717) is 22.6 Å². The third-order valence-electron chi connectivity index (χ3n) is 4.94. The molecule has 1 N–H and O–H groups in total. The molecule has 1 atom stereocenters. The highest BCUT2D eigenvalue weighted by molar-refractivity contribution is 8.00. The molecule has 1 unspecified atom stereocenters. The Morgan fingerprint density at radius 2 is 1.80 bits per heavy atom. The second kappa shape index (κ2) is 8.71. The molecule has 0 aliphatic rings. The summed E-state index contributed by atoms with van der Waals surface area (Å²) in [4.78, 5) is 30.4. The third-order valence-corrected chi connectivity index (χ3v) is 6.03. The molecule has 6 heteroatoms. The lowest BCUT2D eigenvalue weighted by Crippen LogP contribution is -2.27. The molecule has 1 amide bonds. The predicted octanol–water partition coefficient (Wildman–Crippen LogP) is 5.08. The summed E-state index contributed by atoms with van der Waals surface area (Å²) in [5.74, 6) is -0.124. The lowest BCUT2D eigenvalue weighted by atomic mass is 10.1. The summed E-state index contributed by atoms with van der Waals surface area (Å²) in [5, 5.41) is 5.94. The largest absolute Gasteiger partial charge is 0.325 e. The second-order valence-electron chi connectivity index (χ2n) is 7.18. The molecule has 0 aliphatic heterocycles. The van der Waals surface area contributed by atoms with Crippen LogP contribution in [-0.4, -0.2) is 20.7 Å². The van der Waals surface area contributed by atoms with Crippen molar-refractivity contribution >= 4 is 45.0 Å². The highest BCUT2D eigenvalue weighted by Crippen LogP contribution is 2.25. The smallest absolute Gasteiger partial charge is 0.262 e. The Morgan fingerprint density at radius 1 is 1.07 bits per heavy atom. The number of amides is 1. The number of carbonyl (C=O) groups is 1. The first kappa shape index (κ1) is 20.2. The van der Waals surface area contributed by atoms with E-state index in [1.54, 1.807) is 10.6 Å². The Hall–Kier alpha value is -3.12. The van der Waals surface area contributed by atoms with Crippen molar-refractivity contribution in [3.63, 3.8) is 0 Å². The molecule has 0 aliphatic carbocycles. The van der Waals surface area contributed by atoms with Crippen LogP contribution in [0.15, 0.2) is 76.7 Å². The van der Waals surface area contributed by atoms with Crippen LogP contribution >= 0.6 is 11.8 Å². The zero-order chi connectivity index (χ0) is 21.1. The van der Waals surface area contributed by atoms with Gasteiger partial charge in [0.25, 0.3) is 5.56 Å². The van der Waals surface area contributed by atoms with Crippen LogP contribution in [0.5, 0.6) is 0 Å². The third kappa shape index (κ3) is 4.09. The Kier molecular flexibility index (Phi) is 5.86. The van der Waals surface area contributed by atoms with Crippen molar-refractivity contribution in [2.45, 2.75) is 37.2 Å². The van der Waals surface area contributed by atoms with Crippen LogP contribution in [-0.2, 0) is 11.3 Å². The summed E-state index contributed by atoms with van der Waals surface area (Å²) in [6.45, 7) is 4.42. The summed E-state index contributed by atoms with van der Waals surface area (Å²) in [6, 6.07) is 21.2. The van der Waals surface area contributed by atoms with Crippen molar-refractivity contribution in [2.75, 3.05) is 5.32 Å². The Labute approximate surface area is 179 Å². The van der Waals surface area contributed by atoms with Gasteiger partial charge in [-0.3, -0.25) is 14.2 Å². The minimum Gasteiger partial charge on any atom is -0.325 e. The first-order chi connectivity index (χ1) is 14.6. The van der Waals surface area contributed by atoms with E-state index >= 15 is 0 Å². The van der Waals surface area contributed by atoms with Gasteiger partial charge in [0.2, 0.25) is 5.91 Å².